The second-order valence-electron chi connectivity index (χ2n) is 13.2. The summed E-state index contributed by atoms with van der Waals surface area (Å²) in [5, 5.41) is 15.0. The number of halogens is 2. The van der Waals surface area contributed by atoms with Crippen LogP contribution in [0.2, 0.25) is 25.7 Å². The van der Waals surface area contributed by atoms with Gasteiger partial charge in [0, 0.05) is 42.4 Å². The van der Waals surface area contributed by atoms with Gasteiger partial charge in [-0.3, -0.25) is 4.79 Å². The van der Waals surface area contributed by atoms with Crippen LogP contribution < -0.4 is 25.8 Å². The third-order valence-electron chi connectivity index (χ3n) is 7.71. The van der Waals surface area contributed by atoms with E-state index >= 15 is 8.78 Å². The highest BCUT2D eigenvalue weighted by Crippen LogP contribution is 2.41. The zero-order valence-electron chi connectivity index (χ0n) is 27.9. The van der Waals surface area contributed by atoms with Crippen LogP contribution >= 0.6 is 0 Å². The Bertz CT molecular complexity index is 1910. The normalized spacial score (nSPS) is 13.9. The third kappa shape index (κ3) is 7.99. The Labute approximate surface area is 283 Å². The molecule has 0 saturated carbocycles. The molecule has 0 bridgehead atoms. The van der Waals surface area contributed by atoms with E-state index in [-0.39, 0.29) is 37.5 Å². The quantitative estimate of drug-likeness (QED) is 0.112. The number of benzene rings is 2. The molecule has 5 rings (SSSR count). The summed E-state index contributed by atoms with van der Waals surface area (Å²) in [6.07, 6.45) is 3.10. The van der Waals surface area contributed by atoms with E-state index in [0.29, 0.717) is 40.1 Å². The highest BCUT2D eigenvalue weighted by atomic mass is 28.3. The number of anilines is 1. The van der Waals surface area contributed by atoms with Gasteiger partial charge >= 0.3 is 6.03 Å². The second kappa shape index (κ2) is 14.2. The lowest BCUT2D eigenvalue weighted by molar-refractivity contribution is -0.142. The second-order valence-corrected chi connectivity index (χ2v) is 18.9. The number of nitrogens with two attached hydrogens (primary N) is 1. The SMILES string of the molecule is CC(C)Oc1ccc(-c2cn(COCC[Si-](C)(C)C)c3nccc(Oc4c(F)cc(NC(=O)NC5(C(N)=O)COC5)cc4F)c23)cc1C#N. The zero-order valence-corrected chi connectivity index (χ0v) is 28.9. The highest BCUT2D eigenvalue weighted by molar-refractivity contribution is 6.76. The molecule has 2 aromatic heterocycles. The number of aromatic nitrogens is 2. The molecular formula is C34H38F2N6O6Si-. The molecule has 2 aromatic carbocycles. The number of amides is 3. The van der Waals surface area contributed by atoms with E-state index in [4.69, 9.17) is 24.7 Å². The molecule has 259 valence electrons. The molecule has 0 unspecified atom stereocenters. The summed E-state index contributed by atoms with van der Waals surface area (Å²) in [5.41, 5.74) is 5.67. The van der Waals surface area contributed by atoms with Gasteiger partial charge in [0.15, 0.2) is 22.9 Å². The molecule has 1 aliphatic rings. The van der Waals surface area contributed by atoms with Gasteiger partial charge in [-0.15, -0.1) is 14.1 Å². The molecule has 4 N–H and O–H groups in total. The smallest absolute Gasteiger partial charge is 0.320 e. The molecule has 0 atom stereocenters. The molecular weight excluding hydrogens is 654 g/mol. The zero-order chi connectivity index (χ0) is 35.5. The van der Waals surface area contributed by atoms with E-state index in [1.807, 2.05) is 13.8 Å². The van der Waals surface area contributed by atoms with Crippen LogP contribution in [0, 0.1) is 23.0 Å². The highest BCUT2D eigenvalue weighted by Gasteiger charge is 2.46. The summed E-state index contributed by atoms with van der Waals surface area (Å²) in [4.78, 5) is 28.8. The van der Waals surface area contributed by atoms with Crippen molar-refractivity contribution in [2.75, 3.05) is 25.1 Å². The Hall–Kier alpha value is -5.04. The number of hydrogen-bond acceptors (Lipinski definition) is 8. The van der Waals surface area contributed by atoms with Crippen LogP contribution in [-0.4, -0.2) is 61.0 Å². The Balaban J connectivity index is 1.49. The van der Waals surface area contributed by atoms with E-state index in [2.05, 4.69) is 41.3 Å². The van der Waals surface area contributed by atoms with Gasteiger partial charge in [0.1, 0.15) is 29.9 Å². The van der Waals surface area contributed by atoms with E-state index in [9.17, 15) is 14.9 Å². The van der Waals surface area contributed by atoms with Crippen molar-refractivity contribution >= 4 is 36.7 Å². The first-order valence-electron chi connectivity index (χ1n) is 15.6. The third-order valence-corrected chi connectivity index (χ3v) is 9.41. The Morgan fingerprint density at radius 2 is 1.86 bits per heavy atom. The molecule has 4 aromatic rings. The average molecular weight is 693 g/mol. The summed E-state index contributed by atoms with van der Waals surface area (Å²) in [6, 6.07) is 10.6. The number of hydrogen-bond donors (Lipinski definition) is 3. The Morgan fingerprint density at radius 1 is 1.14 bits per heavy atom. The first-order valence-corrected chi connectivity index (χ1v) is 19.3. The van der Waals surface area contributed by atoms with E-state index in [0.717, 1.165) is 18.2 Å². The van der Waals surface area contributed by atoms with Crippen LogP contribution in [0.3, 0.4) is 0 Å². The number of rotatable bonds is 13. The molecule has 49 heavy (non-hydrogen) atoms. The van der Waals surface area contributed by atoms with Crippen molar-refractivity contribution < 1.29 is 37.3 Å². The number of carbonyl (C=O) groups is 2. The number of nitriles is 1. The lowest BCUT2D eigenvalue weighted by atomic mass is 9.97. The Kier molecular flexibility index (Phi) is 10.2. The van der Waals surface area contributed by atoms with Gasteiger partial charge in [0.05, 0.1) is 30.3 Å². The van der Waals surface area contributed by atoms with Crippen molar-refractivity contribution in [2.45, 2.75) is 57.9 Å². The van der Waals surface area contributed by atoms with Gasteiger partial charge in [0.2, 0.25) is 5.91 Å². The summed E-state index contributed by atoms with van der Waals surface area (Å²) in [5.74, 6) is -3.21. The molecule has 0 spiro atoms. The molecule has 12 nitrogen and oxygen atoms in total. The van der Waals surface area contributed by atoms with Crippen LogP contribution in [-0.2, 0) is 21.0 Å². The maximum absolute atomic E-state index is 15.5. The average Bonchev–Trinajstić information content (AvgIpc) is 3.37. The van der Waals surface area contributed by atoms with Crippen LogP contribution in [0.25, 0.3) is 22.2 Å². The summed E-state index contributed by atoms with van der Waals surface area (Å²) < 4.78 is 55.4. The maximum atomic E-state index is 15.5. The molecule has 15 heteroatoms. The Morgan fingerprint density at radius 3 is 2.45 bits per heavy atom. The number of urea groups is 1. The number of fused-ring (bicyclic) bond motifs is 1. The van der Waals surface area contributed by atoms with Crippen molar-refractivity contribution in [3.63, 3.8) is 0 Å². The number of ether oxygens (including phenoxy) is 4. The number of nitrogens with one attached hydrogen (secondary N) is 2. The minimum atomic E-state index is -1.40. The topological polar surface area (TPSA) is 163 Å². The van der Waals surface area contributed by atoms with E-state index in [1.54, 1.807) is 29.0 Å². The van der Waals surface area contributed by atoms with Gasteiger partial charge in [-0.25, -0.2) is 18.6 Å². The van der Waals surface area contributed by atoms with Crippen LogP contribution in [0.5, 0.6) is 17.2 Å². The van der Waals surface area contributed by atoms with Crippen LogP contribution in [0.4, 0.5) is 19.3 Å². The summed E-state index contributed by atoms with van der Waals surface area (Å²) in [6.45, 7) is 11.0. The van der Waals surface area contributed by atoms with E-state index < -0.39 is 42.9 Å². The predicted octanol–water partition coefficient (Wildman–Crippen LogP) is 6.12. The van der Waals surface area contributed by atoms with Crippen molar-refractivity contribution in [2.24, 2.45) is 5.73 Å². The van der Waals surface area contributed by atoms with Crippen LogP contribution in [0.15, 0.2) is 48.8 Å². The molecule has 1 saturated heterocycles. The van der Waals surface area contributed by atoms with Gasteiger partial charge in [-0.2, -0.15) is 24.9 Å². The predicted molar refractivity (Wildman–Crippen MR) is 181 cm³/mol. The first kappa shape index (κ1) is 35.3. The van der Waals surface area contributed by atoms with Crippen molar-refractivity contribution in [3.05, 3.63) is 66.0 Å². The molecule has 3 heterocycles. The molecule has 1 aliphatic heterocycles. The number of primary amides is 1. The van der Waals surface area contributed by atoms with Crippen molar-refractivity contribution in [3.8, 4) is 34.4 Å². The van der Waals surface area contributed by atoms with Gasteiger partial charge in [0.25, 0.3) is 0 Å². The summed E-state index contributed by atoms with van der Waals surface area (Å²) >= 11 is 0. The minimum absolute atomic E-state index is 0.0894. The largest absolute Gasteiger partial charge is 0.490 e. The molecule has 0 radical (unpaired) electrons. The van der Waals surface area contributed by atoms with E-state index in [1.165, 1.54) is 12.3 Å². The van der Waals surface area contributed by atoms with Crippen LogP contribution in [0.1, 0.15) is 19.4 Å². The standard InChI is InChI=1S/C34H38F2N6O6Si/c1-20(2)47-27-7-6-21(12-22(27)15-37)24-16-42(19-45-10-11-49(3,4)5)31-29(24)28(8-9-39-31)48-30-25(35)13-23(14-26(30)36)40-33(44)41-34(32(38)43)17-46-18-34/h6-9,12-14,16,20H,10-11,17-19H2,1-5H3,(H2,38,43)(H2,40,41,44)/q-1. The fourth-order valence-electron chi connectivity index (χ4n) is 5.07. The molecule has 0 aliphatic carbocycles. The molecule has 3 amide bonds. The lowest BCUT2D eigenvalue weighted by Gasteiger charge is -2.38. The monoisotopic (exact) mass is 692 g/mol. The lowest BCUT2D eigenvalue weighted by Crippen LogP contribution is -2.69. The fourth-order valence-corrected chi connectivity index (χ4v) is 5.83. The number of pyridine rings is 1. The van der Waals surface area contributed by atoms with Crippen molar-refractivity contribution in [1.29, 1.82) is 5.26 Å². The fraction of sp³-hybridized carbons (Fsp3) is 0.353. The van der Waals surface area contributed by atoms with Gasteiger partial charge in [-0.05, 0) is 37.6 Å². The minimum Gasteiger partial charge on any atom is -0.490 e. The van der Waals surface area contributed by atoms with Gasteiger partial charge < -0.3 is 39.9 Å². The number of nitrogens with zero attached hydrogens (tertiary/aromatic N) is 3. The first-order chi connectivity index (χ1) is 23.2. The summed E-state index contributed by atoms with van der Waals surface area (Å²) in [7, 11) is -1.35. The number of carbonyl (C=O) groups excluding carboxylic acids is 2. The van der Waals surface area contributed by atoms with Crippen molar-refractivity contribution in [1.82, 2.24) is 14.9 Å². The molecule has 1 fully saturated rings. The van der Waals surface area contributed by atoms with Gasteiger partial charge in [-0.1, -0.05) is 6.07 Å². The maximum Gasteiger partial charge on any atom is 0.320 e.